The SMILES string of the molecule is COCC(c1ccccn1)N(C)C(=O)C1CC(c2ccccc2OC)NN1. The maximum Gasteiger partial charge on any atom is 0.241 e. The largest absolute Gasteiger partial charge is 0.496 e. The molecule has 1 amide bonds. The molecule has 7 heteroatoms. The minimum absolute atomic E-state index is 0.000717. The minimum atomic E-state index is -0.340. The summed E-state index contributed by atoms with van der Waals surface area (Å²) in [6.45, 7) is 0.384. The van der Waals surface area contributed by atoms with Crippen molar-refractivity contribution in [3.8, 4) is 5.75 Å². The van der Waals surface area contributed by atoms with E-state index in [1.165, 1.54) is 0 Å². The van der Waals surface area contributed by atoms with Crippen LogP contribution in [0.2, 0.25) is 0 Å². The zero-order valence-electron chi connectivity index (χ0n) is 15.9. The smallest absolute Gasteiger partial charge is 0.241 e. The van der Waals surface area contributed by atoms with Gasteiger partial charge in [0.2, 0.25) is 5.91 Å². The summed E-state index contributed by atoms with van der Waals surface area (Å²) in [5.41, 5.74) is 8.19. The number of methoxy groups -OCH3 is 2. The second-order valence-corrected chi connectivity index (χ2v) is 6.55. The van der Waals surface area contributed by atoms with Crippen LogP contribution in [0.15, 0.2) is 48.7 Å². The summed E-state index contributed by atoms with van der Waals surface area (Å²) in [7, 11) is 5.07. The van der Waals surface area contributed by atoms with Gasteiger partial charge in [0.25, 0.3) is 0 Å². The van der Waals surface area contributed by atoms with Crippen molar-refractivity contribution >= 4 is 5.91 Å². The quantitative estimate of drug-likeness (QED) is 0.775. The first kappa shape index (κ1) is 19.3. The van der Waals surface area contributed by atoms with E-state index < -0.39 is 0 Å². The number of likely N-dealkylation sites (N-methyl/N-ethyl adjacent to an activating group) is 1. The molecule has 2 heterocycles. The summed E-state index contributed by atoms with van der Waals surface area (Å²) >= 11 is 0. The molecule has 0 spiro atoms. The molecule has 2 aromatic rings. The van der Waals surface area contributed by atoms with Crippen molar-refractivity contribution in [1.29, 1.82) is 0 Å². The summed E-state index contributed by atoms with van der Waals surface area (Å²) in [5.74, 6) is 0.802. The summed E-state index contributed by atoms with van der Waals surface area (Å²) in [6.07, 6.45) is 2.36. The molecule has 144 valence electrons. The van der Waals surface area contributed by atoms with Crippen molar-refractivity contribution in [3.63, 3.8) is 0 Å². The number of hydrazine groups is 1. The number of carbonyl (C=O) groups is 1. The molecule has 0 saturated carbocycles. The fourth-order valence-corrected chi connectivity index (χ4v) is 3.40. The Bertz CT molecular complexity index is 756. The van der Waals surface area contributed by atoms with Crippen molar-refractivity contribution in [2.24, 2.45) is 0 Å². The molecule has 1 aliphatic rings. The molecule has 1 fully saturated rings. The average Bonchev–Trinajstić information content (AvgIpc) is 3.21. The Morgan fingerprint density at radius 2 is 2.00 bits per heavy atom. The van der Waals surface area contributed by atoms with Crippen LogP contribution in [0, 0.1) is 0 Å². The van der Waals surface area contributed by atoms with Crippen LogP contribution in [0.1, 0.15) is 29.8 Å². The standard InChI is InChI=1S/C20H26N4O3/c1-24(18(13-26-2)15-9-6-7-11-21-15)20(25)17-12-16(22-23-17)14-8-4-5-10-19(14)27-3/h4-11,16-18,22-23H,12-13H2,1-3H3. The zero-order chi connectivity index (χ0) is 19.2. The number of aromatic nitrogens is 1. The predicted molar refractivity (Wildman–Crippen MR) is 102 cm³/mol. The van der Waals surface area contributed by atoms with E-state index in [-0.39, 0.29) is 24.0 Å². The second-order valence-electron chi connectivity index (χ2n) is 6.55. The molecular weight excluding hydrogens is 344 g/mol. The molecule has 1 aliphatic heterocycles. The number of pyridine rings is 1. The molecule has 3 rings (SSSR count). The van der Waals surface area contributed by atoms with E-state index in [4.69, 9.17) is 9.47 Å². The third-order valence-corrected chi connectivity index (χ3v) is 4.88. The second kappa shape index (κ2) is 8.94. The van der Waals surface area contributed by atoms with E-state index in [0.29, 0.717) is 13.0 Å². The van der Waals surface area contributed by atoms with Gasteiger partial charge in [0.1, 0.15) is 11.8 Å². The highest BCUT2D eigenvalue weighted by Crippen LogP contribution is 2.31. The van der Waals surface area contributed by atoms with Crippen molar-refractivity contribution in [1.82, 2.24) is 20.7 Å². The Kier molecular flexibility index (Phi) is 6.39. The van der Waals surface area contributed by atoms with Crippen molar-refractivity contribution < 1.29 is 14.3 Å². The van der Waals surface area contributed by atoms with Gasteiger partial charge in [-0.05, 0) is 24.6 Å². The first-order valence-electron chi connectivity index (χ1n) is 8.96. The van der Waals surface area contributed by atoms with Gasteiger partial charge in [0.05, 0.1) is 31.5 Å². The number of ether oxygens (including phenoxy) is 2. The lowest BCUT2D eigenvalue weighted by Crippen LogP contribution is -2.46. The van der Waals surface area contributed by atoms with Crippen LogP contribution in [0.4, 0.5) is 0 Å². The number of benzene rings is 1. The number of carbonyl (C=O) groups excluding carboxylic acids is 1. The molecule has 0 bridgehead atoms. The van der Waals surface area contributed by atoms with Gasteiger partial charge < -0.3 is 14.4 Å². The van der Waals surface area contributed by atoms with E-state index in [1.54, 1.807) is 32.4 Å². The van der Waals surface area contributed by atoms with E-state index in [2.05, 4.69) is 15.8 Å². The number of rotatable bonds is 7. The Balaban J connectivity index is 1.72. The van der Waals surface area contributed by atoms with Crippen LogP contribution >= 0.6 is 0 Å². The zero-order valence-corrected chi connectivity index (χ0v) is 15.9. The highest BCUT2D eigenvalue weighted by molar-refractivity contribution is 5.82. The molecule has 7 nitrogen and oxygen atoms in total. The van der Waals surface area contributed by atoms with Crippen molar-refractivity contribution in [3.05, 3.63) is 59.9 Å². The van der Waals surface area contributed by atoms with Gasteiger partial charge in [-0.1, -0.05) is 24.3 Å². The van der Waals surface area contributed by atoms with Gasteiger partial charge in [-0.25, -0.2) is 10.9 Å². The van der Waals surface area contributed by atoms with Crippen molar-refractivity contribution in [2.45, 2.75) is 24.5 Å². The minimum Gasteiger partial charge on any atom is -0.496 e. The first-order chi connectivity index (χ1) is 13.2. The molecule has 27 heavy (non-hydrogen) atoms. The molecule has 1 saturated heterocycles. The molecule has 2 N–H and O–H groups in total. The van der Waals surface area contributed by atoms with Gasteiger partial charge in [-0.15, -0.1) is 0 Å². The third kappa shape index (κ3) is 4.27. The Hall–Kier alpha value is -2.48. The fraction of sp³-hybridized carbons (Fsp3) is 0.400. The summed E-state index contributed by atoms with van der Waals surface area (Å²) in [5, 5.41) is 0. The number of nitrogens with one attached hydrogen (secondary N) is 2. The summed E-state index contributed by atoms with van der Waals surface area (Å²) in [6, 6.07) is 12.9. The van der Waals surface area contributed by atoms with Crippen LogP contribution < -0.4 is 15.6 Å². The molecule has 3 unspecified atom stereocenters. The average molecular weight is 370 g/mol. The third-order valence-electron chi connectivity index (χ3n) is 4.88. The molecular formula is C20H26N4O3. The van der Waals surface area contributed by atoms with E-state index in [9.17, 15) is 4.79 Å². The topological polar surface area (TPSA) is 75.7 Å². The van der Waals surface area contributed by atoms with Crippen LogP contribution in [-0.4, -0.2) is 49.7 Å². The summed E-state index contributed by atoms with van der Waals surface area (Å²) in [4.78, 5) is 19.2. The number of para-hydroxylation sites is 1. The normalized spacial score (nSPS) is 20.3. The lowest BCUT2D eigenvalue weighted by molar-refractivity contribution is -0.135. The lowest BCUT2D eigenvalue weighted by Gasteiger charge is -2.29. The molecule has 1 aromatic heterocycles. The fourth-order valence-electron chi connectivity index (χ4n) is 3.40. The van der Waals surface area contributed by atoms with Crippen LogP contribution in [0.5, 0.6) is 5.75 Å². The first-order valence-corrected chi connectivity index (χ1v) is 8.96. The number of nitrogens with zero attached hydrogens (tertiary/aromatic N) is 2. The van der Waals surface area contributed by atoms with Crippen LogP contribution in [0.25, 0.3) is 0 Å². The Morgan fingerprint density at radius 3 is 2.70 bits per heavy atom. The molecule has 1 aromatic carbocycles. The monoisotopic (exact) mass is 370 g/mol. The van der Waals surface area contributed by atoms with E-state index in [1.807, 2.05) is 42.5 Å². The van der Waals surface area contributed by atoms with Crippen LogP contribution in [-0.2, 0) is 9.53 Å². The molecule has 0 radical (unpaired) electrons. The maximum absolute atomic E-state index is 13.1. The predicted octanol–water partition coefficient (Wildman–Crippen LogP) is 1.84. The Labute approximate surface area is 159 Å². The van der Waals surface area contributed by atoms with Crippen molar-refractivity contribution in [2.75, 3.05) is 27.9 Å². The number of amides is 1. The highest BCUT2D eigenvalue weighted by Gasteiger charge is 2.35. The summed E-state index contributed by atoms with van der Waals surface area (Å²) < 4.78 is 10.8. The Morgan fingerprint density at radius 1 is 1.22 bits per heavy atom. The van der Waals surface area contributed by atoms with Gasteiger partial charge >= 0.3 is 0 Å². The van der Waals surface area contributed by atoms with E-state index >= 15 is 0 Å². The number of hydrogen-bond acceptors (Lipinski definition) is 6. The van der Waals surface area contributed by atoms with Gasteiger partial charge in [0.15, 0.2) is 0 Å². The van der Waals surface area contributed by atoms with Crippen LogP contribution in [0.3, 0.4) is 0 Å². The van der Waals surface area contributed by atoms with Gasteiger partial charge in [0, 0.05) is 25.9 Å². The van der Waals surface area contributed by atoms with E-state index in [0.717, 1.165) is 17.0 Å². The molecule has 3 atom stereocenters. The maximum atomic E-state index is 13.1. The molecule has 0 aliphatic carbocycles. The van der Waals surface area contributed by atoms with Gasteiger partial charge in [-0.2, -0.15) is 0 Å². The van der Waals surface area contributed by atoms with Gasteiger partial charge in [-0.3, -0.25) is 9.78 Å². The number of hydrogen-bond donors (Lipinski definition) is 2. The lowest BCUT2D eigenvalue weighted by atomic mass is 10.00. The highest BCUT2D eigenvalue weighted by atomic mass is 16.5.